The molecule has 1 heterocycles. The third kappa shape index (κ3) is 6.31. The van der Waals surface area contributed by atoms with Crippen LogP contribution < -0.4 is 4.74 Å². The minimum atomic E-state index is -1.05. The average molecular weight is 538 g/mol. The molecule has 7 heteroatoms. The largest absolute Gasteiger partial charge is 0.494 e. The standard InChI is InChI=1S/C33H31NO6/c35-30(14-15-31(36)37)29-20-34(21-32(38)39)33-24(6-3-7-28(29)33)11-8-22-9-12-27(13-10-22)40-17-16-23-18-25-4-1-2-5-26(25)19-23/h1-13,20,23H,14-19,21H2,(H,36,37)(H,38,39). The van der Waals surface area contributed by atoms with E-state index in [1.165, 1.54) is 21.9 Å². The van der Waals surface area contributed by atoms with Gasteiger partial charge in [-0.1, -0.05) is 66.7 Å². The summed E-state index contributed by atoms with van der Waals surface area (Å²) < 4.78 is 7.54. The van der Waals surface area contributed by atoms with Crippen molar-refractivity contribution >= 4 is 40.8 Å². The lowest BCUT2D eigenvalue weighted by Crippen LogP contribution is -2.08. The van der Waals surface area contributed by atoms with Crippen molar-refractivity contribution in [1.82, 2.24) is 4.57 Å². The zero-order valence-electron chi connectivity index (χ0n) is 22.1. The number of para-hydroxylation sites is 1. The number of benzene rings is 3. The number of carbonyl (C=O) groups is 3. The summed E-state index contributed by atoms with van der Waals surface area (Å²) in [4.78, 5) is 35.2. The first kappa shape index (κ1) is 26.9. The Kier molecular flexibility index (Phi) is 8.10. The van der Waals surface area contributed by atoms with Gasteiger partial charge < -0.3 is 19.5 Å². The quantitative estimate of drug-likeness (QED) is 0.166. The maximum absolute atomic E-state index is 12.7. The van der Waals surface area contributed by atoms with Crippen LogP contribution in [0.5, 0.6) is 5.75 Å². The van der Waals surface area contributed by atoms with Gasteiger partial charge in [0.2, 0.25) is 0 Å². The van der Waals surface area contributed by atoms with Crippen LogP contribution in [0.25, 0.3) is 23.1 Å². The van der Waals surface area contributed by atoms with Gasteiger partial charge in [-0.15, -0.1) is 0 Å². The maximum atomic E-state index is 12.7. The molecule has 0 saturated carbocycles. The summed E-state index contributed by atoms with van der Waals surface area (Å²) in [6.45, 7) is 0.358. The topological polar surface area (TPSA) is 106 Å². The Balaban J connectivity index is 1.26. The molecule has 0 amide bonds. The van der Waals surface area contributed by atoms with Crippen LogP contribution in [0.1, 0.15) is 51.9 Å². The first-order valence-electron chi connectivity index (χ1n) is 13.4. The number of hydrogen-bond donors (Lipinski definition) is 2. The van der Waals surface area contributed by atoms with Crippen LogP contribution in [0.3, 0.4) is 0 Å². The summed E-state index contributed by atoms with van der Waals surface area (Å²) in [6.07, 6.45) is 8.14. The van der Waals surface area contributed by atoms with Gasteiger partial charge in [0.25, 0.3) is 0 Å². The number of carboxylic acid groups (broad SMARTS) is 2. The highest BCUT2D eigenvalue weighted by molar-refractivity contribution is 6.10. The number of aliphatic carboxylic acids is 2. The van der Waals surface area contributed by atoms with Gasteiger partial charge in [-0.2, -0.15) is 0 Å². The van der Waals surface area contributed by atoms with Crippen LogP contribution in [0.2, 0.25) is 0 Å². The number of nitrogens with zero attached hydrogens (tertiary/aromatic N) is 1. The van der Waals surface area contributed by atoms with Crippen molar-refractivity contribution in [3.63, 3.8) is 0 Å². The minimum Gasteiger partial charge on any atom is -0.494 e. The van der Waals surface area contributed by atoms with Crippen LogP contribution >= 0.6 is 0 Å². The molecule has 0 aliphatic heterocycles. The molecular formula is C33H31NO6. The zero-order valence-corrected chi connectivity index (χ0v) is 22.1. The molecule has 1 aromatic heterocycles. The predicted molar refractivity (Wildman–Crippen MR) is 154 cm³/mol. The Hall–Kier alpha value is -4.65. The Bertz CT molecular complexity index is 1560. The Morgan fingerprint density at radius 3 is 2.25 bits per heavy atom. The summed E-state index contributed by atoms with van der Waals surface area (Å²) in [6, 6.07) is 21.9. The molecule has 204 valence electrons. The normalized spacial score (nSPS) is 13.1. The smallest absolute Gasteiger partial charge is 0.323 e. The lowest BCUT2D eigenvalue weighted by molar-refractivity contribution is -0.138. The van der Waals surface area contributed by atoms with E-state index in [2.05, 4.69) is 24.3 Å². The number of ketones is 1. The SMILES string of the molecule is O=C(O)CCC(=O)c1cn(CC(=O)O)c2c(C=Cc3ccc(OCCC4Cc5ccccc5C4)cc3)cccc12. The molecule has 0 unspecified atom stereocenters. The van der Waals surface area contributed by atoms with Crippen LogP contribution in [0.4, 0.5) is 0 Å². The van der Waals surface area contributed by atoms with Gasteiger partial charge in [-0.05, 0) is 59.6 Å². The predicted octanol–water partition coefficient (Wildman–Crippen LogP) is 6.13. The number of hydrogen-bond acceptors (Lipinski definition) is 4. The molecule has 7 nitrogen and oxygen atoms in total. The van der Waals surface area contributed by atoms with E-state index in [1.807, 2.05) is 42.5 Å². The first-order valence-corrected chi connectivity index (χ1v) is 13.4. The monoisotopic (exact) mass is 537 g/mol. The van der Waals surface area contributed by atoms with Gasteiger partial charge in [0.05, 0.1) is 18.5 Å². The van der Waals surface area contributed by atoms with E-state index < -0.39 is 11.9 Å². The number of fused-ring (bicyclic) bond motifs is 2. The molecular weight excluding hydrogens is 506 g/mol. The summed E-state index contributed by atoms with van der Waals surface area (Å²) >= 11 is 0. The van der Waals surface area contributed by atoms with Crippen LogP contribution in [0, 0.1) is 5.92 Å². The molecule has 0 saturated heterocycles. The summed E-state index contributed by atoms with van der Waals surface area (Å²) in [7, 11) is 0. The molecule has 40 heavy (non-hydrogen) atoms. The minimum absolute atomic E-state index is 0.149. The number of carboxylic acids is 2. The van der Waals surface area contributed by atoms with Crippen LogP contribution in [0.15, 0.2) is 72.9 Å². The molecule has 1 aliphatic rings. The van der Waals surface area contributed by atoms with Crippen molar-refractivity contribution < 1.29 is 29.3 Å². The van der Waals surface area contributed by atoms with Crippen molar-refractivity contribution in [2.24, 2.45) is 5.92 Å². The second-order valence-corrected chi connectivity index (χ2v) is 10.2. The van der Waals surface area contributed by atoms with Crippen molar-refractivity contribution in [1.29, 1.82) is 0 Å². The third-order valence-electron chi connectivity index (χ3n) is 7.37. The molecule has 3 aromatic carbocycles. The van der Waals surface area contributed by atoms with E-state index in [1.54, 1.807) is 12.1 Å². The summed E-state index contributed by atoms with van der Waals surface area (Å²) in [5.41, 5.74) is 5.56. The van der Waals surface area contributed by atoms with Gasteiger partial charge in [-0.3, -0.25) is 14.4 Å². The molecule has 0 atom stereocenters. The fourth-order valence-corrected chi connectivity index (χ4v) is 5.43. The second-order valence-electron chi connectivity index (χ2n) is 10.2. The number of Topliss-reactive ketones (excluding diaryl/α,β-unsaturated/α-hetero) is 1. The van der Waals surface area contributed by atoms with Gasteiger partial charge in [-0.25, -0.2) is 0 Å². The van der Waals surface area contributed by atoms with Crippen LogP contribution in [-0.4, -0.2) is 39.1 Å². The number of carbonyl (C=O) groups excluding carboxylic acids is 1. The number of rotatable bonds is 12. The van der Waals surface area contributed by atoms with E-state index in [4.69, 9.17) is 9.84 Å². The first-order chi connectivity index (χ1) is 19.4. The van der Waals surface area contributed by atoms with Gasteiger partial charge in [0, 0.05) is 23.6 Å². The molecule has 2 N–H and O–H groups in total. The van der Waals surface area contributed by atoms with Crippen molar-refractivity contribution in [2.45, 2.75) is 38.6 Å². The fraction of sp³-hybridized carbons (Fsp3) is 0.242. The summed E-state index contributed by atoms with van der Waals surface area (Å²) in [5.74, 6) is -0.980. The van der Waals surface area contributed by atoms with E-state index >= 15 is 0 Å². The average Bonchev–Trinajstić information content (AvgIpc) is 3.52. The molecule has 0 spiro atoms. The zero-order chi connectivity index (χ0) is 28.1. The van der Waals surface area contributed by atoms with E-state index in [-0.39, 0.29) is 25.2 Å². The maximum Gasteiger partial charge on any atom is 0.323 e. The van der Waals surface area contributed by atoms with Crippen molar-refractivity contribution in [3.05, 3.63) is 101 Å². The van der Waals surface area contributed by atoms with E-state index in [0.717, 1.165) is 36.1 Å². The fourth-order valence-electron chi connectivity index (χ4n) is 5.43. The van der Waals surface area contributed by atoms with Gasteiger partial charge in [0.1, 0.15) is 12.3 Å². The Morgan fingerprint density at radius 2 is 1.57 bits per heavy atom. The van der Waals surface area contributed by atoms with Crippen molar-refractivity contribution in [2.75, 3.05) is 6.61 Å². The van der Waals surface area contributed by atoms with Crippen molar-refractivity contribution in [3.8, 4) is 5.75 Å². The Morgan fingerprint density at radius 1 is 0.850 bits per heavy atom. The molecule has 0 fully saturated rings. The molecule has 1 aliphatic carbocycles. The molecule has 0 bridgehead atoms. The highest BCUT2D eigenvalue weighted by Gasteiger charge is 2.21. The van der Waals surface area contributed by atoms with Gasteiger partial charge in [0.15, 0.2) is 5.78 Å². The Labute approximate surface area is 232 Å². The second kappa shape index (κ2) is 12.0. The number of ether oxygens (including phenoxy) is 1. The molecule has 5 rings (SSSR count). The van der Waals surface area contributed by atoms with Crippen LogP contribution in [-0.2, 0) is 29.0 Å². The van der Waals surface area contributed by atoms with Gasteiger partial charge >= 0.3 is 11.9 Å². The summed E-state index contributed by atoms with van der Waals surface area (Å²) in [5, 5.41) is 19.0. The van der Waals surface area contributed by atoms with E-state index in [9.17, 15) is 19.5 Å². The molecule has 0 radical (unpaired) electrons. The highest BCUT2D eigenvalue weighted by atomic mass is 16.5. The molecule has 4 aromatic rings. The van der Waals surface area contributed by atoms with E-state index in [0.29, 0.717) is 29.0 Å². The third-order valence-corrected chi connectivity index (χ3v) is 7.37. The number of aromatic nitrogens is 1. The lowest BCUT2D eigenvalue weighted by atomic mass is 10.0. The lowest BCUT2D eigenvalue weighted by Gasteiger charge is -2.11. The highest BCUT2D eigenvalue weighted by Crippen LogP contribution is 2.30.